The Labute approximate surface area is 233 Å². The number of rotatable bonds is 14. The highest BCUT2D eigenvalue weighted by atomic mass is 16.2. The largest absolute Gasteiger partial charge is 0.346 e. The van der Waals surface area contributed by atoms with E-state index in [1.54, 1.807) is 31.2 Å². The summed E-state index contributed by atoms with van der Waals surface area (Å²) in [4.78, 5) is 64.9. The zero-order valence-electron chi connectivity index (χ0n) is 24.4. The predicted octanol–water partition coefficient (Wildman–Crippen LogP) is 5.74. The highest BCUT2D eigenvalue weighted by Crippen LogP contribution is 2.30. The lowest BCUT2D eigenvalue weighted by Crippen LogP contribution is -2.46. The lowest BCUT2D eigenvalue weighted by molar-refractivity contribution is -0.141. The highest BCUT2D eigenvalue weighted by molar-refractivity contribution is 6.38. The smallest absolute Gasteiger partial charge is 0.224 e. The minimum Gasteiger partial charge on any atom is -0.346 e. The van der Waals surface area contributed by atoms with Gasteiger partial charge in [0, 0.05) is 30.7 Å². The molecule has 0 spiro atoms. The fourth-order valence-corrected chi connectivity index (χ4v) is 4.48. The summed E-state index contributed by atoms with van der Waals surface area (Å²) in [6, 6.07) is 15.8. The van der Waals surface area contributed by atoms with Crippen LogP contribution in [-0.4, -0.2) is 35.1 Å². The van der Waals surface area contributed by atoms with E-state index < -0.39 is 34.9 Å². The second kappa shape index (κ2) is 14.1. The molecule has 0 bridgehead atoms. The van der Waals surface area contributed by atoms with Crippen molar-refractivity contribution >= 4 is 29.0 Å². The van der Waals surface area contributed by atoms with Crippen LogP contribution in [0, 0.1) is 30.1 Å². The summed E-state index contributed by atoms with van der Waals surface area (Å²) in [5.41, 5.74) is 2.12. The van der Waals surface area contributed by atoms with Crippen molar-refractivity contribution in [2.45, 2.75) is 80.2 Å². The Hall–Kier alpha value is -3.41. The molecular weight excluding hydrogens is 490 g/mol. The standard InChI is InChI=1S/C33H43NO5/c1-21(2)26(31(38)28(35)18-17-24-15-13-22(3)14-16-24)19-29(36)23(4)34-32(39)27(33(5,6)7)20-30(37)25-11-9-8-10-12-25/h8-16,21,23,26-27H,17-20H2,1-7H3,(H,34,39)/t23-,26-,27+/m0/s1. The van der Waals surface area contributed by atoms with Crippen LogP contribution in [0.15, 0.2) is 54.6 Å². The number of nitrogens with one attached hydrogen (secondary N) is 1. The zero-order valence-corrected chi connectivity index (χ0v) is 24.4. The molecule has 3 atom stereocenters. The highest BCUT2D eigenvalue weighted by Gasteiger charge is 2.36. The van der Waals surface area contributed by atoms with Crippen LogP contribution in [-0.2, 0) is 25.6 Å². The number of ketones is 4. The minimum absolute atomic E-state index is 0.0167. The van der Waals surface area contributed by atoms with Gasteiger partial charge in [0.15, 0.2) is 17.3 Å². The number of hydrogen-bond acceptors (Lipinski definition) is 5. The van der Waals surface area contributed by atoms with Crippen molar-refractivity contribution in [2.75, 3.05) is 0 Å². The van der Waals surface area contributed by atoms with Crippen LogP contribution >= 0.6 is 0 Å². The van der Waals surface area contributed by atoms with Crippen molar-refractivity contribution in [1.82, 2.24) is 5.32 Å². The maximum atomic E-state index is 13.2. The van der Waals surface area contributed by atoms with Gasteiger partial charge in [-0.2, -0.15) is 0 Å². The Morgan fingerprint density at radius 2 is 1.41 bits per heavy atom. The number of benzene rings is 2. The van der Waals surface area contributed by atoms with E-state index in [2.05, 4.69) is 5.32 Å². The first-order valence-corrected chi connectivity index (χ1v) is 13.7. The van der Waals surface area contributed by atoms with Gasteiger partial charge in [-0.05, 0) is 37.2 Å². The van der Waals surface area contributed by atoms with E-state index in [4.69, 9.17) is 0 Å². The lowest BCUT2D eigenvalue weighted by Gasteiger charge is -2.30. The molecule has 2 rings (SSSR count). The van der Waals surface area contributed by atoms with Crippen molar-refractivity contribution in [2.24, 2.45) is 23.2 Å². The molecule has 2 aromatic carbocycles. The molecule has 0 fully saturated rings. The summed E-state index contributed by atoms with van der Waals surface area (Å²) in [7, 11) is 0. The van der Waals surface area contributed by atoms with Crippen LogP contribution in [0.4, 0.5) is 0 Å². The zero-order chi connectivity index (χ0) is 29.3. The first-order valence-electron chi connectivity index (χ1n) is 13.7. The van der Waals surface area contributed by atoms with Gasteiger partial charge in [-0.25, -0.2) is 0 Å². The van der Waals surface area contributed by atoms with E-state index in [9.17, 15) is 24.0 Å². The molecule has 1 N–H and O–H groups in total. The van der Waals surface area contributed by atoms with Gasteiger partial charge in [-0.3, -0.25) is 24.0 Å². The van der Waals surface area contributed by atoms with E-state index >= 15 is 0 Å². The minimum atomic E-state index is -0.856. The number of Topliss-reactive ketones (excluding diaryl/α,β-unsaturated/α-hetero) is 4. The maximum Gasteiger partial charge on any atom is 0.224 e. The van der Waals surface area contributed by atoms with E-state index in [0.717, 1.165) is 11.1 Å². The van der Waals surface area contributed by atoms with Gasteiger partial charge in [0.1, 0.15) is 0 Å². The molecule has 0 heterocycles. The van der Waals surface area contributed by atoms with Gasteiger partial charge in [0.2, 0.25) is 11.7 Å². The molecule has 1 amide bonds. The molecule has 0 saturated heterocycles. The van der Waals surface area contributed by atoms with Crippen molar-refractivity contribution in [3.63, 3.8) is 0 Å². The summed E-state index contributed by atoms with van der Waals surface area (Å²) < 4.78 is 0. The second-order valence-corrected chi connectivity index (χ2v) is 11.9. The van der Waals surface area contributed by atoms with Crippen LogP contribution in [0.2, 0.25) is 0 Å². The lowest BCUT2D eigenvalue weighted by atomic mass is 9.76. The van der Waals surface area contributed by atoms with Gasteiger partial charge in [-0.15, -0.1) is 0 Å². The van der Waals surface area contributed by atoms with Gasteiger partial charge in [0.25, 0.3) is 0 Å². The van der Waals surface area contributed by atoms with E-state index in [-0.39, 0.29) is 42.7 Å². The SMILES string of the molecule is Cc1ccc(CCC(=O)C(=O)[C@@H](CC(=O)[C@H](C)NC(=O)[C@@H](CC(=O)c2ccccc2)C(C)(C)C)C(C)C)cc1. The molecule has 0 saturated carbocycles. The van der Waals surface area contributed by atoms with Crippen LogP contribution in [0.3, 0.4) is 0 Å². The molecule has 0 aliphatic carbocycles. The average molecular weight is 534 g/mol. The summed E-state index contributed by atoms with van der Waals surface area (Å²) in [6.45, 7) is 12.9. The quantitative estimate of drug-likeness (QED) is 0.247. The molecule has 0 radical (unpaired) electrons. The first-order chi connectivity index (χ1) is 18.2. The molecule has 0 aromatic heterocycles. The molecule has 39 heavy (non-hydrogen) atoms. The van der Waals surface area contributed by atoms with Crippen LogP contribution in [0.1, 0.15) is 82.3 Å². The summed E-state index contributed by atoms with van der Waals surface area (Å²) in [5.74, 6) is -3.46. The monoisotopic (exact) mass is 533 g/mol. The Bertz CT molecular complexity index is 1160. The summed E-state index contributed by atoms with van der Waals surface area (Å²) in [5, 5.41) is 2.77. The van der Waals surface area contributed by atoms with Crippen molar-refractivity contribution in [1.29, 1.82) is 0 Å². The normalized spacial score (nSPS) is 13.8. The van der Waals surface area contributed by atoms with Crippen LogP contribution < -0.4 is 5.32 Å². The van der Waals surface area contributed by atoms with Crippen LogP contribution in [0.5, 0.6) is 0 Å². The molecule has 0 aliphatic rings. The van der Waals surface area contributed by atoms with Gasteiger partial charge < -0.3 is 5.32 Å². The Balaban J connectivity index is 2.02. The number of hydrogen-bond donors (Lipinski definition) is 1. The Kier molecular flexibility index (Phi) is 11.5. The van der Waals surface area contributed by atoms with Crippen LogP contribution in [0.25, 0.3) is 0 Å². The molecule has 6 heteroatoms. The number of carbonyl (C=O) groups excluding carboxylic acids is 5. The first kappa shape index (κ1) is 31.8. The van der Waals surface area contributed by atoms with Gasteiger partial charge in [0.05, 0.1) is 12.0 Å². The maximum absolute atomic E-state index is 13.2. The van der Waals surface area contributed by atoms with E-state index in [1.807, 2.05) is 71.9 Å². The fourth-order valence-electron chi connectivity index (χ4n) is 4.48. The third kappa shape index (κ3) is 9.68. The molecule has 6 nitrogen and oxygen atoms in total. The van der Waals surface area contributed by atoms with Crippen molar-refractivity contribution < 1.29 is 24.0 Å². The Morgan fingerprint density at radius 3 is 1.95 bits per heavy atom. The summed E-state index contributed by atoms with van der Waals surface area (Å²) in [6.07, 6.45) is 0.445. The topological polar surface area (TPSA) is 97.4 Å². The van der Waals surface area contributed by atoms with Gasteiger partial charge in [-0.1, -0.05) is 94.8 Å². The van der Waals surface area contributed by atoms with Crippen molar-refractivity contribution in [3.8, 4) is 0 Å². The molecule has 0 aliphatic heterocycles. The second-order valence-electron chi connectivity index (χ2n) is 11.9. The van der Waals surface area contributed by atoms with Gasteiger partial charge >= 0.3 is 0 Å². The number of aryl methyl sites for hydroxylation is 2. The molecule has 210 valence electrons. The van der Waals surface area contributed by atoms with E-state index in [1.165, 1.54) is 0 Å². The molecule has 0 unspecified atom stereocenters. The number of amides is 1. The molecule has 2 aromatic rings. The third-order valence-electron chi connectivity index (χ3n) is 7.29. The average Bonchev–Trinajstić information content (AvgIpc) is 2.88. The number of carbonyl (C=O) groups is 5. The third-order valence-corrected chi connectivity index (χ3v) is 7.29. The summed E-state index contributed by atoms with van der Waals surface area (Å²) >= 11 is 0. The molecular formula is C33H43NO5. The van der Waals surface area contributed by atoms with E-state index in [0.29, 0.717) is 12.0 Å². The van der Waals surface area contributed by atoms with Crippen molar-refractivity contribution in [3.05, 3.63) is 71.3 Å². The Morgan fingerprint density at radius 1 is 0.821 bits per heavy atom. The fraction of sp³-hybridized carbons (Fsp3) is 0.485. The predicted molar refractivity (Wildman–Crippen MR) is 153 cm³/mol.